The smallest absolute Gasteiger partial charge is 0.302 e. The van der Waals surface area contributed by atoms with Gasteiger partial charge in [0.1, 0.15) is 11.7 Å². The lowest BCUT2D eigenvalue weighted by atomic mass is 9.61. The minimum absolute atomic E-state index is 0.0993. The van der Waals surface area contributed by atoms with Crippen LogP contribution in [0.5, 0.6) is 0 Å². The Morgan fingerprint density at radius 1 is 0.854 bits per heavy atom. The van der Waals surface area contributed by atoms with E-state index in [0.717, 1.165) is 36.0 Å². The zero-order valence-corrected chi connectivity index (χ0v) is 31.5. The average Bonchev–Trinajstić information content (AvgIpc) is 3.53. The maximum absolute atomic E-state index is 13.1. The lowest BCUT2D eigenvalue weighted by Gasteiger charge is -2.46. The molecule has 2 N–H and O–H groups in total. The fraction of sp³-hybridized carbons (Fsp3) is 0.619. The third-order valence-electron chi connectivity index (χ3n) is 10.7. The fourth-order valence-corrected chi connectivity index (χ4v) is 8.26. The lowest BCUT2D eigenvalue weighted by molar-refractivity contribution is -0.152. The second-order valence-corrected chi connectivity index (χ2v) is 16.4. The molecule has 1 heterocycles. The maximum Gasteiger partial charge on any atom is 0.302 e. The molecule has 3 aliphatic rings. The van der Waals surface area contributed by atoms with Gasteiger partial charge >= 0.3 is 5.97 Å². The minimum atomic E-state index is -1.01. The summed E-state index contributed by atoms with van der Waals surface area (Å²) in [5.41, 5.74) is 2.84. The Balaban J connectivity index is 1.46. The van der Waals surface area contributed by atoms with E-state index in [1.54, 1.807) is 0 Å². The number of hydrogen-bond acceptors (Lipinski definition) is 6. The van der Waals surface area contributed by atoms with Crippen molar-refractivity contribution in [2.45, 2.75) is 157 Å². The van der Waals surface area contributed by atoms with Crippen LogP contribution in [0.15, 0.2) is 82.5 Å². The number of rotatable bonds is 13. The number of epoxide rings is 1. The van der Waals surface area contributed by atoms with Gasteiger partial charge in [0.05, 0.1) is 17.3 Å². The van der Waals surface area contributed by atoms with Gasteiger partial charge in [0.15, 0.2) is 5.78 Å². The van der Waals surface area contributed by atoms with Gasteiger partial charge in [-0.25, -0.2) is 0 Å². The van der Waals surface area contributed by atoms with Gasteiger partial charge in [0.25, 0.3) is 0 Å². The van der Waals surface area contributed by atoms with Gasteiger partial charge in [0, 0.05) is 26.2 Å². The van der Waals surface area contributed by atoms with Gasteiger partial charge < -0.3 is 19.7 Å². The van der Waals surface area contributed by atoms with Crippen molar-refractivity contribution < 1.29 is 29.3 Å². The molecule has 6 nitrogen and oxygen atoms in total. The highest BCUT2D eigenvalue weighted by molar-refractivity contribution is 5.96. The van der Waals surface area contributed by atoms with Crippen molar-refractivity contribution in [1.29, 1.82) is 0 Å². The molecule has 48 heavy (non-hydrogen) atoms. The van der Waals surface area contributed by atoms with Crippen LogP contribution in [-0.4, -0.2) is 51.0 Å². The Morgan fingerprint density at radius 2 is 1.44 bits per heavy atom. The highest BCUT2D eigenvalue weighted by Gasteiger charge is 2.76. The number of Topliss-reactive ketones (excluding diaryl/α,β-unsaturated/α-hetero) is 1. The monoisotopic (exact) mass is 662 g/mol. The fourth-order valence-electron chi connectivity index (χ4n) is 8.26. The van der Waals surface area contributed by atoms with Crippen LogP contribution in [0, 0.1) is 10.8 Å². The van der Waals surface area contributed by atoms with Crippen molar-refractivity contribution in [3.63, 3.8) is 0 Å². The molecule has 2 saturated carbocycles. The number of unbranched alkanes of at least 4 members (excludes halogenated alkanes) is 1. The van der Waals surface area contributed by atoms with Gasteiger partial charge in [0.2, 0.25) is 0 Å². The van der Waals surface area contributed by atoms with E-state index < -0.39 is 16.8 Å². The number of allylic oxidation sites excluding steroid dienone is 13. The summed E-state index contributed by atoms with van der Waals surface area (Å²) in [5, 5.41) is 21.5. The second kappa shape index (κ2) is 15.4. The Hall–Kier alpha value is -2.80. The second-order valence-electron chi connectivity index (χ2n) is 16.4. The number of ether oxygens (including phenoxy) is 2. The van der Waals surface area contributed by atoms with Gasteiger partial charge in [-0.2, -0.15) is 0 Å². The molecule has 0 aromatic carbocycles. The summed E-state index contributed by atoms with van der Waals surface area (Å²) < 4.78 is 11.6. The summed E-state index contributed by atoms with van der Waals surface area (Å²) in [5.74, 6) is -0.205. The zero-order valence-electron chi connectivity index (χ0n) is 31.5. The van der Waals surface area contributed by atoms with E-state index in [-0.39, 0.29) is 34.8 Å². The van der Waals surface area contributed by atoms with Crippen LogP contribution in [0.25, 0.3) is 0 Å². The summed E-state index contributed by atoms with van der Waals surface area (Å²) in [6, 6.07) is 0. The molecule has 1 aliphatic heterocycles. The first-order valence-corrected chi connectivity index (χ1v) is 17.7. The van der Waals surface area contributed by atoms with Crippen molar-refractivity contribution in [2.24, 2.45) is 10.8 Å². The van der Waals surface area contributed by atoms with Crippen molar-refractivity contribution in [1.82, 2.24) is 0 Å². The molecule has 0 aromatic heterocycles. The highest BCUT2D eigenvalue weighted by atomic mass is 16.6. The highest BCUT2D eigenvalue weighted by Crippen LogP contribution is 2.67. The van der Waals surface area contributed by atoms with Gasteiger partial charge in [-0.1, -0.05) is 99.1 Å². The van der Waals surface area contributed by atoms with Gasteiger partial charge in [-0.05, 0) is 95.6 Å². The summed E-state index contributed by atoms with van der Waals surface area (Å²) in [6.07, 6.45) is 23.4. The van der Waals surface area contributed by atoms with E-state index in [0.29, 0.717) is 32.1 Å². The number of aliphatic hydroxyl groups is 2. The average molecular weight is 663 g/mol. The molecule has 0 spiro atoms. The van der Waals surface area contributed by atoms with E-state index in [1.165, 1.54) is 18.1 Å². The van der Waals surface area contributed by atoms with E-state index in [9.17, 15) is 19.8 Å². The number of fused-ring (bicyclic) bond motifs is 1. The first-order chi connectivity index (χ1) is 22.1. The summed E-state index contributed by atoms with van der Waals surface area (Å²) in [4.78, 5) is 24.6. The molecular formula is C42H62O6. The van der Waals surface area contributed by atoms with E-state index in [1.807, 2.05) is 39.0 Å². The van der Waals surface area contributed by atoms with Gasteiger partial charge in [-0.15, -0.1) is 0 Å². The molecule has 5 atom stereocenters. The van der Waals surface area contributed by atoms with Crippen LogP contribution >= 0.6 is 0 Å². The molecule has 0 bridgehead atoms. The first kappa shape index (κ1) is 39.6. The Kier molecular flexibility index (Phi) is 12.7. The predicted octanol–water partition coefficient (Wildman–Crippen LogP) is 9.15. The molecule has 0 aromatic rings. The largest absolute Gasteiger partial charge is 0.462 e. The van der Waals surface area contributed by atoms with E-state index >= 15 is 0 Å². The Bertz CT molecular complexity index is 1410. The third kappa shape index (κ3) is 9.89. The third-order valence-corrected chi connectivity index (χ3v) is 10.7. The van der Waals surface area contributed by atoms with E-state index in [4.69, 9.17) is 9.47 Å². The predicted molar refractivity (Wildman–Crippen MR) is 195 cm³/mol. The number of carbonyl (C=O) groups is 2. The first-order valence-electron chi connectivity index (χ1n) is 17.7. The van der Waals surface area contributed by atoms with E-state index in [2.05, 4.69) is 84.9 Å². The van der Waals surface area contributed by atoms with Crippen LogP contribution in [0.3, 0.4) is 0 Å². The maximum atomic E-state index is 13.1. The van der Waals surface area contributed by atoms with Crippen molar-refractivity contribution in [3.8, 4) is 0 Å². The summed E-state index contributed by atoms with van der Waals surface area (Å²) >= 11 is 0. The van der Waals surface area contributed by atoms with Crippen LogP contribution in [0.1, 0.15) is 128 Å². The van der Waals surface area contributed by atoms with Gasteiger partial charge in [-0.3, -0.25) is 9.59 Å². The quantitative estimate of drug-likeness (QED) is 0.0510. The van der Waals surface area contributed by atoms with Crippen molar-refractivity contribution >= 4 is 11.8 Å². The van der Waals surface area contributed by atoms with Crippen molar-refractivity contribution in [3.05, 3.63) is 82.5 Å². The molecule has 0 unspecified atom stereocenters. The van der Waals surface area contributed by atoms with Crippen LogP contribution < -0.4 is 0 Å². The topological polar surface area (TPSA) is 96.4 Å². The Labute approximate surface area is 290 Å². The molecule has 266 valence electrons. The molecule has 0 amide bonds. The molecule has 2 aliphatic carbocycles. The molecule has 1 saturated heterocycles. The lowest BCUT2D eigenvalue weighted by Crippen LogP contribution is -2.48. The summed E-state index contributed by atoms with van der Waals surface area (Å²) in [7, 11) is 0. The molecular weight excluding hydrogens is 600 g/mol. The molecule has 0 radical (unpaired) electrons. The Morgan fingerprint density at radius 3 is 1.98 bits per heavy atom. The van der Waals surface area contributed by atoms with Crippen LogP contribution in [0.2, 0.25) is 0 Å². The molecule has 3 fully saturated rings. The zero-order chi connectivity index (χ0) is 36.1. The standard InChI is InChI=1S/C42H62O6/c1-29(18-14-19-31(3)22-23-37-38(6,7)26-35(47-33(5)43)27-40(37,10)46)16-12-13-17-30(2)20-15-21-32(4)36(45)28-42-39(8,9)24-34(44)25-41(42,11)48-42/h14-21,23,34-35,44,46H,12-13,22,24-28H2,1-11H3/b18-14+,20-15+,29-16+,30-17+,31-19+,32-21+,37-23?/t34-,35-,40+,41+,42-/m0/s1. The number of aliphatic hydroxyl groups excluding tert-OH is 1. The summed E-state index contributed by atoms with van der Waals surface area (Å²) in [6.45, 7) is 21.8. The number of carbonyl (C=O) groups excluding carboxylic acids is 2. The normalized spacial score (nSPS) is 33.3. The SMILES string of the molecule is CC(=O)O[C@H]1CC(C)(C)C(=CC/C(C)=C/C=C/C(C)=C/CC/C=C(C)/C=C/C=C(\C)C(=O)C[C@@]23O[C@]2(C)C[C@@H](O)CC3(C)C)[C@](C)(O)C1. The minimum Gasteiger partial charge on any atom is -0.462 e. The van der Waals surface area contributed by atoms with Crippen LogP contribution in [0.4, 0.5) is 0 Å². The molecule has 3 rings (SSSR count). The number of ketones is 1. The number of esters is 1. The molecule has 6 heteroatoms. The number of hydrogen-bond donors (Lipinski definition) is 2. The van der Waals surface area contributed by atoms with Crippen molar-refractivity contribution in [2.75, 3.05) is 0 Å². The van der Waals surface area contributed by atoms with Crippen LogP contribution in [-0.2, 0) is 19.1 Å².